The van der Waals surface area contributed by atoms with Gasteiger partial charge in [-0.2, -0.15) is 0 Å². The highest BCUT2D eigenvalue weighted by atomic mass is 32.1. The second-order valence-electron chi connectivity index (χ2n) is 5.93. The minimum absolute atomic E-state index is 0.0687. The van der Waals surface area contributed by atoms with Crippen LogP contribution in [0.2, 0.25) is 0 Å². The number of carbonyl (C=O) groups excluding carboxylic acids is 3. The summed E-state index contributed by atoms with van der Waals surface area (Å²) in [6, 6.07) is 3.90. The Hall–Kier alpha value is -1.69. The predicted molar refractivity (Wildman–Crippen MR) is 83.0 cm³/mol. The van der Waals surface area contributed by atoms with Gasteiger partial charge in [-0.05, 0) is 24.3 Å². The normalized spacial score (nSPS) is 24.5. The van der Waals surface area contributed by atoms with Gasteiger partial charge < -0.3 is 5.32 Å². The molecule has 1 aliphatic heterocycles. The molecule has 1 aromatic heterocycles. The van der Waals surface area contributed by atoms with Gasteiger partial charge in [0.15, 0.2) is 0 Å². The molecule has 1 saturated carbocycles. The van der Waals surface area contributed by atoms with Crippen LogP contribution >= 0.6 is 11.3 Å². The molecule has 5 nitrogen and oxygen atoms in total. The molecule has 0 unspecified atom stereocenters. The van der Waals surface area contributed by atoms with E-state index in [4.69, 9.17) is 0 Å². The van der Waals surface area contributed by atoms with Crippen molar-refractivity contribution in [3.05, 3.63) is 22.4 Å². The molecular weight excluding hydrogens is 300 g/mol. The van der Waals surface area contributed by atoms with Crippen LogP contribution in [0.1, 0.15) is 37.0 Å². The lowest BCUT2D eigenvalue weighted by atomic mass is 9.81. The monoisotopic (exact) mass is 320 g/mol. The van der Waals surface area contributed by atoms with Crippen LogP contribution < -0.4 is 5.32 Å². The number of likely N-dealkylation sites (tertiary alicyclic amines) is 1. The maximum absolute atomic E-state index is 12.3. The summed E-state index contributed by atoms with van der Waals surface area (Å²) in [4.78, 5) is 38.8. The van der Waals surface area contributed by atoms with Crippen molar-refractivity contribution in [1.29, 1.82) is 0 Å². The molecule has 1 saturated heterocycles. The van der Waals surface area contributed by atoms with Crippen LogP contribution in [0, 0.1) is 11.8 Å². The van der Waals surface area contributed by atoms with E-state index >= 15 is 0 Å². The summed E-state index contributed by atoms with van der Waals surface area (Å²) in [6.07, 6.45) is 3.86. The number of imide groups is 1. The minimum Gasteiger partial charge on any atom is -0.351 e. The highest BCUT2D eigenvalue weighted by Crippen LogP contribution is 2.37. The molecule has 22 heavy (non-hydrogen) atoms. The van der Waals surface area contributed by atoms with Crippen molar-refractivity contribution in [2.75, 3.05) is 6.54 Å². The Bertz CT molecular complexity index is 546. The number of thiophene rings is 1. The quantitative estimate of drug-likeness (QED) is 0.843. The Labute approximate surface area is 133 Å². The van der Waals surface area contributed by atoms with E-state index in [1.807, 2.05) is 17.5 Å². The van der Waals surface area contributed by atoms with Crippen LogP contribution in [0.3, 0.4) is 0 Å². The number of nitrogens with zero attached hydrogens (tertiary/aromatic N) is 1. The molecule has 0 radical (unpaired) electrons. The number of hydrogen-bond donors (Lipinski definition) is 1. The van der Waals surface area contributed by atoms with Crippen LogP contribution in [0.5, 0.6) is 0 Å². The molecule has 3 rings (SSSR count). The molecule has 6 heteroatoms. The first kappa shape index (κ1) is 15.2. The fourth-order valence-electron chi connectivity index (χ4n) is 3.35. The Balaban J connectivity index is 1.49. The fourth-order valence-corrected chi connectivity index (χ4v) is 4.00. The van der Waals surface area contributed by atoms with Gasteiger partial charge in [0.2, 0.25) is 17.7 Å². The van der Waals surface area contributed by atoms with E-state index < -0.39 is 0 Å². The highest BCUT2D eigenvalue weighted by Gasteiger charge is 2.47. The van der Waals surface area contributed by atoms with Gasteiger partial charge in [0.25, 0.3) is 0 Å². The summed E-state index contributed by atoms with van der Waals surface area (Å²) in [5, 5.41) is 4.79. The van der Waals surface area contributed by atoms with E-state index in [2.05, 4.69) is 5.32 Å². The van der Waals surface area contributed by atoms with Crippen molar-refractivity contribution in [2.24, 2.45) is 11.8 Å². The maximum Gasteiger partial charge on any atom is 0.233 e. The zero-order valence-electron chi connectivity index (χ0n) is 12.4. The molecular formula is C16H20N2O3S. The van der Waals surface area contributed by atoms with Gasteiger partial charge in [-0.15, -0.1) is 11.3 Å². The number of rotatable bonds is 5. The second kappa shape index (κ2) is 6.60. The average molecular weight is 320 g/mol. The third kappa shape index (κ3) is 3.06. The standard InChI is InChI=1S/C16H20N2O3S/c19-14(17-10-11-4-3-9-22-11)7-8-18-15(20)12-5-1-2-6-13(12)16(18)21/h3-4,9,12-13H,1-2,5-8,10H2,(H,17,19)/t12-,13+. The lowest BCUT2D eigenvalue weighted by Gasteiger charge is -2.19. The molecule has 0 aromatic carbocycles. The van der Waals surface area contributed by atoms with E-state index in [1.54, 1.807) is 11.3 Å². The molecule has 118 valence electrons. The first-order valence-corrected chi connectivity index (χ1v) is 8.69. The van der Waals surface area contributed by atoms with Crippen LogP contribution in [0.15, 0.2) is 17.5 Å². The van der Waals surface area contributed by atoms with Crippen molar-refractivity contribution in [3.8, 4) is 0 Å². The predicted octanol–water partition coefficient (Wildman–Crippen LogP) is 1.93. The molecule has 2 heterocycles. The van der Waals surface area contributed by atoms with Gasteiger partial charge in [-0.3, -0.25) is 19.3 Å². The number of fused-ring (bicyclic) bond motifs is 1. The molecule has 3 amide bonds. The van der Waals surface area contributed by atoms with Crippen molar-refractivity contribution >= 4 is 29.1 Å². The third-order valence-electron chi connectivity index (χ3n) is 4.53. The molecule has 2 aliphatic rings. The summed E-state index contributed by atoms with van der Waals surface area (Å²) in [5.74, 6) is -0.517. The van der Waals surface area contributed by atoms with E-state index in [9.17, 15) is 14.4 Å². The van der Waals surface area contributed by atoms with Crippen LogP contribution in [0.25, 0.3) is 0 Å². The lowest BCUT2D eigenvalue weighted by Crippen LogP contribution is -2.35. The van der Waals surface area contributed by atoms with Gasteiger partial charge in [0.1, 0.15) is 0 Å². The third-order valence-corrected chi connectivity index (χ3v) is 5.41. The van der Waals surface area contributed by atoms with E-state index in [0.29, 0.717) is 6.54 Å². The number of nitrogens with one attached hydrogen (secondary N) is 1. The van der Waals surface area contributed by atoms with Crippen LogP contribution in [-0.4, -0.2) is 29.2 Å². The Morgan fingerprint density at radius 1 is 1.23 bits per heavy atom. The Morgan fingerprint density at radius 2 is 1.91 bits per heavy atom. The molecule has 2 atom stereocenters. The number of amides is 3. The van der Waals surface area contributed by atoms with Gasteiger partial charge in [-0.25, -0.2) is 0 Å². The first-order valence-electron chi connectivity index (χ1n) is 7.81. The first-order chi connectivity index (χ1) is 10.7. The average Bonchev–Trinajstić information content (AvgIpc) is 3.13. The topological polar surface area (TPSA) is 66.5 Å². The minimum atomic E-state index is -0.129. The highest BCUT2D eigenvalue weighted by molar-refractivity contribution is 7.09. The zero-order chi connectivity index (χ0) is 15.5. The van der Waals surface area contributed by atoms with Gasteiger partial charge >= 0.3 is 0 Å². The SMILES string of the molecule is O=C(CCN1C(=O)[C@H]2CCCC[C@H]2C1=O)NCc1cccs1. The van der Waals surface area contributed by atoms with Crippen molar-refractivity contribution in [2.45, 2.75) is 38.6 Å². The van der Waals surface area contributed by atoms with Crippen LogP contribution in [-0.2, 0) is 20.9 Å². The number of hydrogen-bond acceptors (Lipinski definition) is 4. The van der Waals surface area contributed by atoms with Crippen molar-refractivity contribution < 1.29 is 14.4 Å². The van der Waals surface area contributed by atoms with Crippen molar-refractivity contribution in [1.82, 2.24) is 10.2 Å². The van der Waals surface area contributed by atoms with Crippen molar-refractivity contribution in [3.63, 3.8) is 0 Å². The smallest absolute Gasteiger partial charge is 0.233 e. The maximum atomic E-state index is 12.3. The molecule has 2 fully saturated rings. The molecule has 0 bridgehead atoms. The van der Waals surface area contributed by atoms with Gasteiger partial charge in [-0.1, -0.05) is 18.9 Å². The fraction of sp³-hybridized carbons (Fsp3) is 0.562. The second-order valence-corrected chi connectivity index (χ2v) is 6.96. The molecule has 1 aromatic rings. The van der Waals surface area contributed by atoms with Gasteiger partial charge in [0, 0.05) is 17.8 Å². The van der Waals surface area contributed by atoms with E-state index in [0.717, 1.165) is 30.6 Å². The molecule has 1 N–H and O–H groups in total. The summed E-state index contributed by atoms with van der Waals surface area (Å²) in [6.45, 7) is 0.713. The molecule has 0 spiro atoms. The summed E-state index contributed by atoms with van der Waals surface area (Å²) < 4.78 is 0. The Morgan fingerprint density at radius 3 is 2.50 bits per heavy atom. The zero-order valence-corrected chi connectivity index (χ0v) is 13.2. The van der Waals surface area contributed by atoms with Crippen LogP contribution in [0.4, 0.5) is 0 Å². The Kier molecular flexibility index (Phi) is 4.57. The largest absolute Gasteiger partial charge is 0.351 e. The summed E-state index contributed by atoms with van der Waals surface area (Å²) in [7, 11) is 0. The summed E-state index contributed by atoms with van der Waals surface area (Å²) >= 11 is 1.59. The van der Waals surface area contributed by atoms with Gasteiger partial charge in [0.05, 0.1) is 18.4 Å². The lowest BCUT2D eigenvalue weighted by molar-refractivity contribution is -0.140. The molecule has 1 aliphatic carbocycles. The number of carbonyl (C=O) groups is 3. The van der Waals surface area contributed by atoms with E-state index in [1.165, 1.54) is 4.90 Å². The summed E-state index contributed by atoms with van der Waals surface area (Å²) in [5.41, 5.74) is 0. The van der Waals surface area contributed by atoms with E-state index in [-0.39, 0.29) is 42.5 Å².